The standard InChI is InChI=1S/C39H66NO2P/c1-15-17-19-29(4)38(11,12)32-24-31(36(5,6)7)25-33(35(32)42-27-41-14)39(13,22-18-16-2)43-34-21-20-28(3)23-30(34)26-40-37(8,9)10/h20-21,23-25,29,40,43H,15-19,22,26-27H2,1-14H3. The largest absolute Gasteiger partial charge is 0.467 e. The van der Waals surface area contributed by atoms with Gasteiger partial charge in [-0.05, 0) is 73.7 Å². The predicted octanol–water partition coefficient (Wildman–Crippen LogP) is 10.7. The maximum Gasteiger partial charge on any atom is 0.188 e. The molecule has 0 aliphatic heterocycles. The van der Waals surface area contributed by atoms with Gasteiger partial charge in [0, 0.05) is 35.5 Å². The number of ether oxygens (including phenoxy) is 2. The molecule has 0 radical (unpaired) electrons. The van der Waals surface area contributed by atoms with E-state index in [1.54, 1.807) is 7.11 Å². The van der Waals surface area contributed by atoms with Crippen LogP contribution in [0.25, 0.3) is 0 Å². The summed E-state index contributed by atoms with van der Waals surface area (Å²) in [6, 6.07) is 12.0. The first kappa shape index (κ1) is 37.8. The Morgan fingerprint density at radius 2 is 1.49 bits per heavy atom. The minimum absolute atomic E-state index is 0.0203. The number of aryl methyl sites for hydroxylation is 1. The summed E-state index contributed by atoms with van der Waals surface area (Å²) in [7, 11) is 2.35. The average molecular weight is 612 g/mol. The summed E-state index contributed by atoms with van der Waals surface area (Å²) in [5, 5.41) is 5.14. The second-order valence-electron chi connectivity index (χ2n) is 15.8. The van der Waals surface area contributed by atoms with Crippen molar-refractivity contribution in [1.82, 2.24) is 5.32 Å². The molecule has 0 aromatic heterocycles. The molecule has 0 spiro atoms. The highest BCUT2D eigenvalue weighted by atomic mass is 31.1. The lowest BCUT2D eigenvalue weighted by Crippen LogP contribution is -2.36. The zero-order valence-corrected chi connectivity index (χ0v) is 31.4. The van der Waals surface area contributed by atoms with Crippen LogP contribution in [-0.4, -0.2) is 19.4 Å². The van der Waals surface area contributed by atoms with Crippen molar-refractivity contribution in [2.24, 2.45) is 5.92 Å². The Balaban J connectivity index is 2.89. The highest BCUT2D eigenvalue weighted by Crippen LogP contribution is 2.53. The Labute approximate surface area is 268 Å². The van der Waals surface area contributed by atoms with Gasteiger partial charge in [-0.3, -0.25) is 0 Å². The monoisotopic (exact) mass is 611 g/mol. The van der Waals surface area contributed by atoms with Gasteiger partial charge in [0.15, 0.2) is 6.79 Å². The Morgan fingerprint density at radius 1 is 0.860 bits per heavy atom. The number of hydrogen-bond acceptors (Lipinski definition) is 3. The number of methoxy groups -OCH3 is 1. The van der Waals surface area contributed by atoms with Crippen molar-refractivity contribution in [2.75, 3.05) is 13.9 Å². The van der Waals surface area contributed by atoms with E-state index in [9.17, 15) is 0 Å². The van der Waals surface area contributed by atoms with E-state index in [1.807, 2.05) is 0 Å². The summed E-state index contributed by atoms with van der Waals surface area (Å²) in [5.74, 6) is 1.58. The van der Waals surface area contributed by atoms with Crippen molar-refractivity contribution < 1.29 is 9.47 Å². The van der Waals surface area contributed by atoms with Crippen LogP contribution < -0.4 is 15.4 Å². The van der Waals surface area contributed by atoms with Gasteiger partial charge in [0.05, 0.1) is 0 Å². The SMILES string of the molecule is CCCCC(C)C(C)(C)c1cc(C(C)(C)C)cc(C(C)(CCCC)Pc2ccc(C)cc2CNC(C)(C)C)c1OCOC. The topological polar surface area (TPSA) is 30.5 Å². The van der Waals surface area contributed by atoms with Crippen molar-refractivity contribution in [1.29, 1.82) is 0 Å². The molecule has 3 nitrogen and oxygen atoms in total. The third-order valence-corrected chi connectivity index (χ3v) is 11.1. The molecule has 2 aromatic rings. The molecular formula is C39H66NO2P. The first-order chi connectivity index (χ1) is 19.9. The summed E-state index contributed by atoms with van der Waals surface area (Å²) in [5.41, 5.74) is 6.85. The normalized spacial score (nSPS) is 15.2. The summed E-state index contributed by atoms with van der Waals surface area (Å²) in [6.07, 6.45) is 7.15. The third kappa shape index (κ3) is 10.6. The van der Waals surface area contributed by atoms with E-state index in [0.29, 0.717) is 14.5 Å². The summed E-state index contributed by atoms with van der Waals surface area (Å²) in [6.45, 7) is 31.5. The van der Waals surface area contributed by atoms with E-state index in [4.69, 9.17) is 9.47 Å². The highest BCUT2D eigenvalue weighted by molar-refractivity contribution is 7.48. The van der Waals surface area contributed by atoms with Crippen LogP contribution >= 0.6 is 8.58 Å². The second kappa shape index (κ2) is 15.7. The summed E-state index contributed by atoms with van der Waals surface area (Å²) < 4.78 is 12.3. The van der Waals surface area contributed by atoms with E-state index in [2.05, 4.69) is 126 Å². The van der Waals surface area contributed by atoms with E-state index in [1.165, 1.54) is 65.2 Å². The van der Waals surface area contributed by atoms with Gasteiger partial charge in [0.25, 0.3) is 0 Å². The fourth-order valence-electron chi connectivity index (χ4n) is 5.80. The minimum atomic E-state index is -0.0798. The molecule has 3 atom stereocenters. The molecule has 4 heteroatoms. The van der Waals surface area contributed by atoms with Gasteiger partial charge in [0.2, 0.25) is 0 Å². The summed E-state index contributed by atoms with van der Waals surface area (Å²) >= 11 is 0. The zero-order valence-electron chi connectivity index (χ0n) is 30.4. The molecule has 43 heavy (non-hydrogen) atoms. The Kier molecular flexibility index (Phi) is 13.8. The average Bonchev–Trinajstić information content (AvgIpc) is 2.92. The van der Waals surface area contributed by atoms with Gasteiger partial charge in [-0.25, -0.2) is 0 Å². The van der Waals surface area contributed by atoms with Crippen LogP contribution in [0.5, 0.6) is 5.75 Å². The quantitative estimate of drug-likeness (QED) is 0.151. The molecule has 0 aliphatic rings. The van der Waals surface area contributed by atoms with Gasteiger partial charge in [-0.2, -0.15) is 0 Å². The van der Waals surface area contributed by atoms with Gasteiger partial charge in [0.1, 0.15) is 5.75 Å². The summed E-state index contributed by atoms with van der Waals surface area (Å²) in [4.78, 5) is 0. The van der Waals surface area contributed by atoms with Crippen molar-refractivity contribution >= 4 is 13.9 Å². The molecule has 2 rings (SSSR count). The maximum atomic E-state index is 6.70. The lowest BCUT2D eigenvalue weighted by molar-refractivity contribution is 0.0480. The molecule has 244 valence electrons. The van der Waals surface area contributed by atoms with Crippen molar-refractivity contribution in [2.45, 2.75) is 157 Å². The molecule has 1 N–H and O–H groups in total. The second-order valence-corrected chi connectivity index (χ2v) is 17.7. The van der Waals surface area contributed by atoms with E-state index in [0.717, 1.165) is 18.7 Å². The Bertz CT molecular complexity index is 1160. The molecule has 2 aromatic carbocycles. The molecule has 3 unspecified atom stereocenters. The van der Waals surface area contributed by atoms with E-state index >= 15 is 0 Å². The number of nitrogens with one attached hydrogen (secondary N) is 1. The number of hydrogen-bond donors (Lipinski definition) is 1. The minimum Gasteiger partial charge on any atom is -0.467 e. The van der Waals surface area contributed by atoms with Gasteiger partial charge >= 0.3 is 0 Å². The predicted molar refractivity (Wildman–Crippen MR) is 192 cm³/mol. The molecule has 0 amide bonds. The Morgan fingerprint density at radius 3 is 2.05 bits per heavy atom. The Hall–Kier alpha value is -1.41. The van der Waals surface area contributed by atoms with Gasteiger partial charge < -0.3 is 14.8 Å². The van der Waals surface area contributed by atoms with Crippen LogP contribution in [0.4, 0.5) is 0 Å². The fraction of sp³-hybridized carbons (Fsp3) is 0.692. The van der Waals surface area contributed by atoms with Gasteiger partial charge in [-0.15, -0.1) is 0 Å². The molecular weight excluding hydrogens is 545 g/mol. The van der Waals surface area contributed by atoms with Crippen LogP contribution in [0.2, 0.25) is 0 Å². The fourth-order valence-corrected chi connectivity index (χ4v) is 7.51. The number of unbranched alkanes of at least 4 members (excludes halogenated alkanes) is 2. The highest BCUT2D eigenvalue weighted by Gasteiger charge is 2.38. The third-order valence-electron chi connectivity index (χ3n) is 9.30. The maximum absolute atomic E-state index is 6.70. The number of rotatable bonds is 16. The lowest BCUT2D eigenvalue weighted by Gasteiger charge is -2.40. The van der Waals surface area contributed by atoms with Crippen molar-refractivity contribution in [3.05, 3.63) is 58.1 Å². The van der Waals surface area contributed by atoms with Crippen molar-refractivity contribution in [3.63, 3.8) is 0 Å². The van der Waals surface area contributed by atoms with Crippen molar-refractivity contribution in [3.8, 4) is 5.75 Å². The lowest BCUT2D eigenvalue weighted by atomic mass is 9.69. The smallest absolute Gasteiger partial charge is 0.188 e. The zero-order chi connectivity index (χ0) is 32.6. The first-order valence-electron chi connectivity index (χ1n) is 16.8. The van der Waals surface area contributed by atoms with Gasteiger partial charge in [-0.1, -0.05) is 132 Å². The van der Waals surface area contributed by atoms with E-state index in [-0.39, 0.29) is 28.3 Å². The van der Waals surface area contributed by atoms with Crippen LogP contribution in [0.3, 0.4) is 0 Å². The number of benzene rings is 2. The van der Waals surface area contributed by atoms with Crippen LogP contribution in [-0.2, 0) is 27.3 Å². The van der Waals surface area contributed by atoms with Crippen LogP contribution in [0, 0.1) is 12.8 Å². The first-order valence-corrected chi connectivity index (χ1v) is 17.8. The molecule has 0 bridgehead atoms. The molecule has 0 saturated carbocycles. The van der Waals surface area contributed by atoms with Crippen LogP contribution in [0.15, 0.2) is 30.3 Å². The molecule has 0 saturated heterocycles. The molecule has 0 heterocycles. The van der Waals surface area contributed by atoms with Crippen LogP contribution in [0.1, 0.15) is 149 Å². The molecule has 0 aliphatic carbocycles. The molecule has 0 fully saturated rings. The van der Waals surface area contributed by atoms with E-state index < -0.39 is 0 Å².